The van der Waals surface area contributed by atoms with Gasteiger partial charge in [0.05, 0.1) is 11.1 Å². The van der Waals surface area contributed by atoms with Crippen LogP contribution in [0.15, 0.2) is 12.1 Å². The lowest BCUT2D eigenvalue weighted by Crippen LogP contribution is -2.30. The summed E-state index contributed by atoms with van der Waals surface area (Å²) in [5.74, 6) is -0.659. The minimum atomic E-state index is -0.741. The number of benzene rings is 1. The van der Waals surface area contributed by atoms with Gasteiger partial charge in [-0.2, -0.15) is 0 Å². The molecule has 1 aromatic carbocycles. The first-order valence-electron chi connectivity index (χ1n) is 6.20. The Morgan fingerprint density at radius 2 is 1.94 bits per heavy atom. The monoisotopic (exact) mass is 271 g/mol. The zero-order chi connectivity index (χ0) is 13.1. The van der Waals surface area contributed by atoms with Crippen molar-refractivity contribution in [3.05, 3.63) is 22.7 Å². The maximum absolute atomic E-state index is 10.0. The average Bonchev–Trinajstić information content (AvgIpc) is 2.85. The summed E-state index contributed by atoms with van der Waals surface area (Å²) in [4.78, 5) is 0. The molecule has 0 heterocycles. The Balaban J connectivity index is 1.97. The van der Waals surface area contributed by atoms with E-state index in [2.05, 4.69) is 5.32 Å². The molecule has 0 spiro atoms. The molecule has 0 amide bonds. The van der Waals surface area contributed by atoms with Crippen LogP contribution in [0.2, 0.25) is 5.02 Å². The van der Waals surface area contributed by atoms with Crippen molar-refractivity contribution in [3.63, 3.8) is 0 Å². The molecular weight excluding hydrogens is 254 g/mol. The van der Waals surface area contributed by atoms with Crippen molar-refractivity contribution in [3.8, 4) is 11.5 Å². The average molecular weight is 272 g/mol. The summed E-state index contributed by atoms with van der Waals surface area (Å²) in [5.41, 5.74) is 0.501. The van der Waals surface area contributed by atoms with E-state index < -0.39 is 6.10 Å². The van der Waals surface area contributed by atoms with Crippen LogP contribution >= 0.6 is 11.6 Å². The molecule has 1 atom stereocenters. The topological polar surface area (TPSA) is 72.7 Å². The molecule has 100 valence electrons. The van der Waals surface area contributed by atoms with Gasteiger partial charge in [-0.3, -0.25) is 0 Å². The van der Waals surface area contributed by atoms with E-state index in [0.29, 0.717) is 18.2 Å². The number of rotatable bonds is 4. The number of aliphatic hydroxyl groups excluding tert-OH is 1. The Hall–Kier alpha value is -0.970. The molecule has 0 aliphatic heterocycles. The minimum Gasteiger partial charge on any atom is -0.504 e. The fourth-order valence-electron chi connectivity index (χ4n) is 2.32. The fraction of sp³-hybridized carbons (Fsp3) is 0.538. The van der Waals surface area contributed by atoms with Gasteiger partial charge in [-0.15, -0.1) is 0 Å². The van der Waals surface area contributed by atoms with E-state index in [1.54, 1.807) is 0 Å². The SMILES string of the molecule is Oc1cc(C(O)CNC2CCCC2)cc(Cl)c1O. The maximum Gasteiger partial charge on any atom is 0.176 e. The van der Waals surface area contributed by atoms with Crippen molar-refractivity contribution in [2.45, 2.75) is 37.8 Å². The predicted molar refractivity (Wildman–Crippen MR) is 70.0 cm³/mol. The summed E-state index contributed by atoms with van der Waals surface area (Å²) >= 11 is 5.75. The fourth-order valence-corrected chi connectivity index (χ4v) is 2.55. The molecule has 1 fully saturated rings. The van der Waals surface area contributed by atoms with E-state index >= 15 is 0 Å². The Bertz CT molecular complexity index is 396. The van der Waals surface area contributed by atoms with Gasteiger partial charge in [0.15, 0.2) is 11.5 Å². The van der Waals surface area contributed by atoms with E-state index in [9.17, 15) is 15.3 Å². The number of nitrogens with one attached hydrogen (secondary N) is 1. The molecule has 0 aromatic heterocycles. The van der Waals surface area contributed by atoms with E-state index in [0.717, 1.165) is 12.8 Å². The molecule has 1 unspecified atom stereocenters. The summed E-state index contributed by atoms with van der Waals surface area (Å²) in [6.45, 7) is 0.422. The van der Waals surface area contributed by atoms with E-state index in [-0.39, 0.29) is 16.5 Å². The second kappa shape index (κ2) is 5.78. The molecule has 4 N–H and O–H groups in total. The number of halogens is 1. The lowest BCUT2D eigenvalue weighted by molar-refractivity contribution is 0.169. The third kappa shape index (κ3) is 3.07. The third-order valence-corrected chi connectivity index (χ3v) is 3.69. The Labute approximate surface area is 111 Å². The van der Waals surface area contributed by atoms with E-state index in [1.165, 1.54) is 25.0 Å². The van der Waals surface area contributed by atoms with Crippen LogP contribution in [0, 0.1) is 0 Å². The van der Waals surface area contributed by atoms with Crippen LogP contribution < -0.4 is 5.32 Å². The number of aromatic hydroxyl groups is 2. The van der Waals surface area contributed by atoms with Crippen molar-refractivity contribution < 1.29 is 15.3 Å². The van der Waals surface area contributed by atoms with Gasteiger partial charge < -0.3 is 20.6 Å². The van der Waals surface area contributed by atoms with Crippen LogP contribution in [-0.2, 0) is 0 Å². The van der Waals surface area contributed by atoms with Gasteiger partial charge in [0.2, 0.25) is 0 Å². The standard InChI is InChI=1S/C13H18ClNO3/c14-10-5-8(6-11(16)13(10)18)12(17)7-15-9-3-1-2-4-9/h5-6,9,12,15-18H,1-4,7H2. The third-order valence-electron chi connectivity index (χ3n) is 3.41. The summed E-state index contributed by atoms with van der Waals surface area (Å²) in [5, 5.41) is 32.1. The van der Waals surface area contributed by atoms with Crippen LogP contribution in [0.5, 0.6) is 11.5 Å². The van der Waals surface area contributed by atoms with Crippen molar-refractivity contribution in [2.24, 2.45) is 0 Å². The second-order valence-corrected chi connectivity index (χ2v) is 5.18. The van der Waals surface area contributed by atoms with E-state index in [4.69, 9.17) is 11.6 Å². The molecule has 2 rings (SSSR count). The summed E-state index contributed by atoms with van der Waals surface area (Å²) in [6.07, 6.45) is 4.02. The molecular formula is C13H18ClNO3. The molecule has 1 saturated carbocycles. The Morgan fingerprint density at radius 3 is 2.56 bits per heavy atom. The first-order chi connectivity index (χ1) is 8.58. The molecule has 0 saturated heterocycles. The lowest BCUT2D eigenvalue weighted by Gasteiger charge is -2.17. The smallest absolute Gasteiger partial charge is 0.176 e. The zero-order valence-electron chi connectivity index (χ0n) is 10.1. The van der Waals surface area contributed by atoms with Crippen molar-refractivity contribution in [1.82, 2.24) is 5.32 Å². The number of phenolic OH excluding ortho intramolecular Hbond substituents is 2. The van der Waals surface area contributed by atoms with Gasteiger partial charge in [0.25, 0.3) is 0 Å². The van der Waals surface area contributed by atoms with Crippen LogP contribution in [0.3, 0.4) is 0 Å². The minimum absolute atomic E-state index is 0.0462. The number of phenols is 2. The maximum atomic E-state index is 10.0. The van der Waals surface area contributed by atoms with Crippen molar-refractivity contribution >= 4 is 11.6 Å². The van der Waals surface area contributed by atoms with Gasteiger partial charge in [0, 0.05) is 12.6 Å². The predicted octanol–water partition coefficient (Wildman–Crippen LogP) is 2.32. The molecule has 5 heteroatoms. The van der Waals surface area contributed by atoms with Crippen molar-refractivity contribution in [2.75, 3.05) is 6.54 Å². The summed E-state index contributed by atoms with van der Waals surface area (Å²) in [7, 11) is 0. The molecule has 1 aliphatic carbocycles. The highest BCUT2D eigenvalue weighted by atomic mass is 35.5. The van der Waals surface area contributed by atoms with Gasteiger partial charge in [0.1, 0.15) is 0 Å². The molecule has 1 aromatic rings. The summed E-state index contributed by atoms with van der Waals surface area (Å²) in [6, 6.07) is 3.28. The van der Waals surface area contributed by atoms with Crippen molar-refractivity contribution in [1.29, 1.82) is 0 Å². The zero-order valence-corrected chi connectivity index (χ0v) is 10.8. The molecule has 1 aliphatic rings. The van der Waals surface area contributed by atoms with Gasteiger partial charge in [-0.05, 0) is 30.5 Å². The quantitative estimate of drug-likeness (QED) is 0.634. The first kappa shape index (κ1) is 13.5. The molecule has 0 radical (unpaired) electrons. The van der Waals surface area contributed by atoms with Crippen LogP contribution in [-0.4, -0.2) is 27.9 Å². The largest absolute Gasteiger partial charge is 0.504 e. The number of hydrogen-bond acceptors (Lipinski definition) is 4. The number of aliphatic hydroxyl groups is 1. The van der Waals surface area contributed by atoms with Gasteiger partial charge in [-0.25, -0.2) is 0 Å². The van der Waals surface area contributed by atoms with Crippen LogP contribution in [0.4, 0.5) is 0 Å². The van der Waals surface area contributed by atoms with Crippen LogP contribution in [0.25, 0.3) is 0 Å². The second-order valence-electron chi connectivity index (χ2n) is 4.78. The highest BCUT2D eigenvalue weighted by Crippen LogP contribution is 2.35. The summed E-state index contributed by atoms with van der Waals surface area (Å²) < 4.78 is 0. The Morgan fingerprint density at radius 1 is 1.28 bits per heavy atom. The lowest BCUT2D eigenvalue weighted by atomic mass is 10.1. The normalized spacial score (nSPS) is 18.1. The molecule has 18 heavy (non-hydrogen) atoms. The highest BCUT2D eigenvalue weighted by molar-refractivity contribution is 6.32. The van der Waals surface area contributed by atoms with E-state index in [1.807, 2.05) is 0 Å². The Kier molecular flexibility index (Phi) is 4.32. The van der Waals surface area contributed by atoms with Gasteiger partial charge in [-0.1, -0.05) is 24.4 Å². The molecule has 0 bridgehead atoms. The van der Waals surface area contributed by atoms with Gasteiger partial charge >= 0.3 is 0 Å². The number of hydrogen-bond donors (Lipinski definition) is 4. The molecule has 4 nitrogen and oxygen atoms in total. The van der Waals surface area contributed by atoms with Crippen LogP contribution in [0.1, 0.15) is 37.4 Å². The first-order valence-corrected chi connectivity index (χ1v) is 6.58. The highest BCUT2D eigenvalue weighted by Gasteiger charge is 2.18.